The first-order valence-electron chi connectivity index (χ1n) is 9.83. The van der Waals surface area contributed by atoms with Gasteiger partial charge >= 0.3 is 5.69 Å². The Bertz CT molecular complexity index is 1390. The number of aromatic nitrogens is 6. The number of anilines is 1. The Labute approximate surface area is 201 Å². The highest BCUT2D eigenvalue weighted by Crippen LogP contribution is 2.24. The second-order valence-electron chi connectivity index (χ2n) is 7.34. The fraction of sp³-hybridized carbons (Fsp3) is 0.200. The first kappa shape index (κ1) is 23.4. The molecule has 34 heavy (non-hydrogen) atoms. The molecule has 0 fully saturated rings. The van der Waals surface area contributed by atoms with Gasteiger partial charge in [0.25, 0.3) is 5.91 Å². The summed E-state index contributed by atoms with van der Waals surface area (Å²) in [5.41, 5.74) is 0.904. The zero-order chi connectivity index (χ0) is 24.6. The Morgan fingerprint density at radius 1 is 1.15 bits per heavy atom. The van der Waals surface area contributed by atoms with E-state index in [-0.39, 0.29) is 51.7 Å². The van der Waals surface area contributed by atoms with Crippen molar-refractivity contribution in [2.24, 2.45) is 0 Å². The normalized spacial score (nSPS) is 11.1. The molecule has 0 aliphatic rings. The van der Waals surface area contributed by atoms with Gasteiger partial charge < -0.3 is 5.32 Å². The number of nitrogens with one attached hydrogen (secondary N) is 1. The van der Waals surface area contributed by atoms with Crippen molar-refractivity contribution in [3.8, 4) is 0 Å². The van der Waals surface area contributed by atoms with Crippen molar-refractivity contribution in [2.75, 3.05) is 5.32 Å². The lowest BCUT2D eigenvalue weighted by Gasteiger charge is -2.06. The summed E-state index contributed by atoms with van der Waals surface area (Å²) in [7, 11) is 0. The van der Waals surface area contributed by atoms with Crippen LogP contribution >= 0.6 is 23.2 Å². The predicted octanol–water partition coefficient (Wildman–Crippen LogP) is 4.05. The number of nitro groups is 1. The molecule has 176 valence electrons. The van der Waals surface area contributed by atoms with Gasteiger partial charge in [0.1, 0.15) is 28.9 Å². The highest BCUT2D eigenvalue weighted by atomic mass is 35.5. The Morgan fingerprint density at radius 3 is 2.59 bits per heavy atom. The predicted molar refractivity (Wildman–Crippen MR) is 122 cm³/mol. The summed E-state index contributed by atoms with van der Waals surface area (Å²) in [4.78, 5) is 23.3. The number of hydrogen-bond acceptors (Lipinski definition) is 6. The van der Waals surface area contributed by atoms with E-state index in [0.29, 0.717) is 5.69 Å². The Hall–Kier alpha value is -3.77. The molecule has 3 heterocycles. The highest BCUT2D eigenvalue weighted by molar-refractivity contribution is 6.33. The van der Waals surface area contributed by atoms with Gasteiger partial charge in [0.05, 0.1) is 11.5 Å². The second-order valence-corrected chi connectivity index (χ2v) is 8.15. The van der Waals surface area contributed by atoms with E-state index in [4.69, 9.17) is 23.2 Å². The van der Waals surface area contributed by atoms with Crippen molar-refractivity contribution in [3.05, 3.63) is 85.3 Å². The number of nitrogens with zero attached hydrogens (tertiary/aromatic N) is 7. The number of benzene rings is 1. The molecule has 14 heteroatoms. The lowest BCUT2D eigenvalue weighted by atomic mass is 10.2. The lowest BCUT2D eigenvalue weighted by molar-refractivity contribution is -0.386. The van der Waals surface area contributed by atoms with Crippen molar-refractivity contribution < 1.29 is 14.1 Å². The Kier molecular flexibility index (Phi) is 6.35. The molecule has 1 aromatic carbocycles. The highest BCUT2D eigenvalue weighted by Gasteiger charge is 2.22. The van der Waals surface area contributed by atoms with Crippen LogP contribution in [-0.4, -0.2) is 40.2 Å². The molecule has 1 N–H and O–H groups in total. The van der Waals surface area contributed by atoms with Crippen LogP contribution in [0.2, 0.25) is 10.0 Å². The van der Waals surface area contributed by atoms with Gasteiger partial charge in [-0.15, -0.1) is 0 Å². The van der Waals surface area contributed by atoms with E-state index in [1.807, 2.05) is 0 Å². The van der Waals surface area contributed by atoms with Crippen LogP contribution in [0.25, 0.3) is 0 Å². The van der Waals surface area contributed by atoms with Crippen molar-refractivity contribution in [1.82, 2.24) is 29.3 Å². The van der Waals surface area contributed by atoms with E-state index in [1.54, 1.807) is 19.9 Å². The van der Waals surface area contributed by atoms with E-state index < -0.39 is 16.6 Å². The number of amides is 1. The molecule has 4 rings (SSSR count). The van der Waals surface area contributed by atoms with Crippen LogP contribution in [0, 0.1) is 29.8 Å². The number of carbonyl (C=O) groups excluding carboxylic acids is 1. The van der Waals surface area contributed by atoms with Crippen molar-refractivity contribution in [3.63, 3.8) is 0 Å². The maximum Gasteiger partial charge on any atom is 0.312 e. The van der Waals surface area contributed by atoms with Crippen LogP contribution in [0.15, 0.2) is 36.7 Å². The second kappa shape index (κ2) is 9.23. The smallest absolute Gasteiger partial charge is 0.302 e. The zero-order valence-electron chi connectivity index (χ0n) is 17.9. The molecule has 11 nitrogen and oxygen atoms in total. The third kappa shape index (κ3) is 4.63. The first-order chi connectivity index (χ1) is 16.1. The molecular weight excluding hydrogens is 490 g/mol. The number of halogens is 3. The van der Waals surface area contributed by atoms with Crippen LogP contribution < -0.4 is 5.32 Å². The maximum absolute atomic E-state index is 14.0. The molecule has 1 amide bonds. The minimum Gasteiger partial charge on any atom is -0.302 e. The van der Waals surface area contributed by atoms with E-state index in [2.05, 4.69) is 20.6 Å². The molecule has 0 saturated carbocycles. The van der Waals surface area contributed by atoms with Crippen LogP contribution in [0.1, 0.15) is 27.4 Å². The zero-order valence-corrected chi connectivity index (χ0v) is 19.4. The van der Waals surface area contributed by atoms with Crippen molar-refractivity contribution in [1.29, 1.82) is 0 Å². The van der Waals surface area contributed by atoms with Gasteiger partial charge in [0.2, 0.25) is 0 Å². The minimum absolute atomic E-state index is 0.0184. The van der Waals surface area contributed by atoms with Gasteiger partial charge in [-0.2, -0.15) is 15.3 Å². The number of aryl methyl sites for hydroxylation is 1. The molecule has 0 spiro atoms. The Morgan fingerprint density at radius 2 is 1.91 bits per heavy atom. The third-order valence-electron chi connectivity index (χ3n) is 5.01. The van der Waals surface area contributed by atoms with Gasteiger partial charge in [-0.3, -0.25) is 24.3 Å². The third-order valence-corrected chi connectivity index (χ3v) is 5.64. The molecule has 0 bridgehead atoms. The number of carbonyl (C=O) groups is 1. The monoisotopic (exact) mass is 506 g/mol. The van der Waals surface area contributed by atoms with Gasteiger partial charge in [-0.25, -0.2) is 9.07 Å². The molecule has 0 aliphatic heterocycles. The molecule has 4 aromatic rings. The van der Waals surface area contributed by atoms with E-state index in [1.165, 1.54) is 44.6 Å². The van der Waals surface area contributed by atoms with Crippen LogP contribution in [0.4, 0.5) is 15.9 Å². The summed E-state index contributed by atoms with van der Waals surface area (Å²) >= 11 is 12.2. The molecule has 3 aromatic heterocycles. The fourth-order valence-corrected chi connectivity index (χ4v) is 3.79. The summed E-state index contributed by atoms with van der Waals surface area (Å²) in [5, 5.41) is 26.7. The van der Waals surface area contributed by atoms with Crippen LogP contribution in [0.3, 0.4) is 0 Å². The summed E-state index contributed by atoms with van der Waals surface area (Å²) in [6.07, 6.45) is 2.98. The van der Waals surface area contributed by atoms with Gasteiger partial charge in [-0.05, 0) is 32.0 Å². The van der Waals surface area contributed by atoms with E-state index in [0.717, 1.165) is 0 Å². The van der Waals surface area contributed by atoms with E-state index in [9.17, 15) is 19.3 Å². The lowest BCUT2D eigenvalue weighted by Crippen LogP contribution is -2.16. The minimum atomic E-state index is -0.575. The van der Waals surface area contributed by atoms with Crippen LogP contribution in [-0.2, 0) is 13.2 Å². The quantitative estimate of drug-likeness (QED) is 0.297. The molecule has 0 unspecified atom stereocenters. The average molecular weight is 507 g/mol. The SMILES string of the molecule is Cc1nn(Cn2ccc(C(=O)Nc3nn(Cc4c(F)cccc4Cl)cc3Cl)n2)c(C)c1[N+](=O)[O-]. The molecule has 0 aliphatic carbocycles. The number of hydrogen-bond donors (Lipinski definition) is 1. The topological polar surface area (TPSA) is 126 Å². The summed E-state index contributed by atoms with van der Waals surface area (Å²) < 4.78 is 18.2. The average Bonchev–Trinajstić information content (AvgIpc) is 3.44. The molecule has 0 radical (unpaired) electrons. The summed E-state index contributed by atoms with van der Waals surface area (Å²) in [6, 6.07) is 5.82. The van der Waals surface area contributed by atoms with Crippen molar-refractivity contribution in [2.45, 2.75) is 27.1 Å². The van der Waals surface area contributed by atoms with Crippen molar-refractivity contribution >= 4 is 40.6 Å². The van der Waals surface area contributed by atoms with Gasteiger partial charge in [0.15, 0.2) is 11.5 Å². The van der Waals surface area contributed by atoms with E-state index >= 15 is 0 Å². The fourth-order valence-electron chi connectivity index (χ4n) is 3.37. The summed E-state index contributed by atoms with van der Waals surface area (Å²) in [5.74, 6) is -0.986. The standard InChI is InChI=1S/C20H17Cl2FN8O3/c1-11-18(31(33)34)12(2)30(25-11)10-28-7-6-17(26-28)20(32)24-19-15(22)9-29(27-19)8-13-14(21)4-3-5-16(13)23/h3-7,9H,8,10H2,1-2H3,(H,24,27,32). The van der Waals surface area contributed by atoms with Crippen LogP contribution in [0.5, 0.6) is 0 Å². The molecule has 0 saturated heterocycles. The Balaban J connectivity index is 1.46. The summed E-state index contributed by atoms with van der Waals surface area (Å²) in [6.45, 7) is 3.23. The van der Waals surface area contributed by atoms with Gasteiger partial charge in [0, 0.05) is 23.0 Å². The molecular formula is C20H17Cl2FN8O3. The largest absolute Gasteiger partial charge is 0.312 e. The van der Waals surface area contributed by atoms with Gasteiger partial charge in [-0.1, -0.05) is 29.3 Å². The maximum atomic E-state index is 14.0. The molecule has 0 atom stereocenters. The first-order valence-corrected chi connectivity index (χ1v) is 10.6. The number of rotatable bonds is 7.